The zero-order chi connectivity index (χ0) is 38.4. The molecule has 0 fully saturated rings. The van der Waals surface area contributed by atoms with Crippen molar-refractivity contribution >= 4 is 24.0 Å². The zero-order valence-corrected chi connectivity index (χ0v) is 30.2. The summed E-state index contributed by atoms with van der Waals surface area (Å²) in [4.78, 5) is 45.9. The van der Waals surface area contributed by atoms with Crippen LogP contribution in [-0.2, 0) is 39.5 Å². The number of hydrogen-bond acceptors (Lipinski definition) is 9. The Hall–Kier alpha value is -6.22. The third kappa shape index (κ3) is 9.98. The van der Waals surface area contributed by atoms with Crippen LogP contribution in [0.5, 0.6) is 17.2 Å². The summed E-state index contributed by atoms with van der Waals surface area (Å²) in [5.41, 5.74) is 4.16. The second-order valence-corrected chi connectivity index (χ2v) is 12.6. The highest BCUT2D eigenvalue weighted by Crippen LogP contribution is 2.41. The van der Waals surface area contributed by atoms with Crippen LogP contribution in [0.3, 0.4) is 0 Å². The van der Waals surface area contributed by atoms with Crippen molar-refractivity contribution in [3.63, 3.8) is 0 Å². The standard InChI is InChI=1S/C44H44O9/c1-7-39(46)40(30-45)53-38-24-14-32(15-25-38)43(4,5)31-10-12-33(13-11-31)44(6,34-16-20-36(21-17-34)49-26-28-51-41(47)8-2)35-18-22-37(23-19-35)50-27-29-52-42(48)9-3/h7-25,30,40H,1-3,26-29H2,4-6H3. The summed E-state index contributed by atoms with van der Waals surface area (Å²) in [6.45, 7) is 17.2. The number of carbonyl (C=O) groups excluding carboxylic acids is 4. The molecule has 0 saturated heterocycles. The molecule has 1 unspecified atom stereocenters. The fourth-order valence-electron chi connectivity index (χ4n) is 5.74. The molecule has 0 aromatic heterocycles. The predicted octanol–water partition coefficient (Wildman–Crippen LogP) is 7.28. The number of aldehydes is 1. The lowest BCUT2D eigenvalue weighted by molar-refractivity contribution is -0.139. The average Bonchev–Trinajstić information content (AvgIpc) is 3.20. The van der Waals surface area contributed by atoms with Crippen molar-refractivity contribution in [3.05, 3.63) is 163 Å². The number of ether oxygens (including phenoxy) is 5. The van der Waals surface area contributed by atoms with Gasteiger partial charge in [-0.1, -0.05) is 94.2 Å². The van der Waals surface area contributed by atoms with Crippen LogP contribution in [0.15, 0.2) is 135 Å². The molecular weight excluding hydrogens is 672 g/mol. The predicted molar refractivity (Wildman–Crippen MR) is 202 cm³/mol. The molecule has 274 valence electrons. The van der Waals surface area contributed by atoms with Crippen LogP contribution in [-0.4, -0.2) is 56.5 Å². The minimum Gasteiger partial charge on any atom is -0.490 e. The van der Waals surface area contributed by atoms with E-state index in [0.29, 0.717) is 23.5 Å². The van der Waals surface area contributed by atoms with Gasteiger partial charge in [-0.3, -0.25) is 9.59 Å². The van der Waals surface area contributed by atoms with Crippen molar-refractivity contribution in [3.8, 4) is 17.2 Å². The van der Waals surface area contributed by atoms with Gasteiger partial charge in [0, 0.05) is 23.0 Å². The van der Waals surface area contributed by atoms with E-state index < -0.39 is 34.7 Å². The van der Waals surface area contributed by atoms with Crippen LogP contribution >= 0.6 is 0 Å². The smallest absolute Gasteiger partial charge is 0.330 e. The summed E-state index contributed by atoms with van der Waals surface area (Å²) >= 11 is 0. The molecule has 0 bridgehead atoms. The Labute approximate surface area is 310 Å². The lowest BCUT2D eigenvalue weighted by Gasteiger charge is -2.33. The molecule has 0 aliphatic carbocycles. The Morgan fingerprint density at radius 2 is 0.906 bits per heavy atom. The first-order chi connectivity index (χ1) is 25.5. The molecular formula is C44H44O9. The van der Waals surface area contributed by atoms with E-state index in [4.69, 9.17) is 23.7 Å². The normalized spacial score (nSPS) is 11.7. The van der Waals surface area contributed by atoms with Gasteiger partial charge in [0.1, 0.15) is 43.7 Å². The van der Waals surface area contributed by atoms with E-state index in [-0.39, 0.29) is 26.4 Å². The molecule has 0 amide bonds. The molecule has 9 nitrogen and oxygen atoms in total. The van der Waals surface area contributed by atoms with Gasteiger partial charge in [-0.25, -0.2) is 9.59 Å². The Kier molecular flexibility index (Phi) is 13.7. The van der Waals surface area contributed by atoms with Crippen molar-refractivity contribution in [1.29, 1.82) is 0 Å². The molecule has 0 heterocycles. The molecule has 1 atom stereocenters. The first-order valence-electron chi connectivity index (χ1n) is 17.0. The number of ketones is 1. The average molecular weight is 717 g/mol. The quantitative estimate of drug-likeness (QED) is 0.0232. The van der Waals surface area contributed by atoms with Crippen LogP contribution in [0.25, 0.3) is 0 Å². The fraction of sp³-hybridized carbons (Fsp3) is 0.227. The maximum Gasteiger partial charge on any atom is 0.330 e. The zero-order valence-electron chi connectivity index (χ0n) is 30.2. The van der Waals surface area contributed by atoms with Crippen molar-refractivity contribution in [2.45, 2.75) is 37.7 Å². The van der Waals surface area contributed by atoms with E-state index in [2.05, 4.69) is 64.8 Å². The third-order valence-electron chi connectivity index (χ3n) is 9.02. The van der Waals surface area contributed by atoms with E-state index in [1.54, 1.807) is 12.1 Å². The van der Waals surface area contributed by atoms with Crippen LogP contribution in [0.2, 0.25) is 0 Å². The van der Waals surface area contributed by atoms with Crippen LogP contribution in [0.1, 0.15) is 48.6 Å². The molecule has 9 heteroatoms. The van der Waals surface area contributed by atoms with Crippen LogP contribution in [0.4, 0.5) is 0 Å². The Balaban J connectivity index is 1.60. The largest absolute Gasteiger partial charge is 0.490 e. The topological polar surface area (TPSA) is 114 Å². The summed E-state index contributed by atoms with van der Waals surface area (Å²) < 4.78 is 27.2. The summed E-state index contributed by atoms with van der Waals surface area (Å²) in [5.74, 6) is 0.164. The molecule has 53 heavy (non-hydrogen) atoms. The van der Waals surface area contributed by atoms with E-state index >= 15 is 0 Å². The summed E-state index contributed by atoms with van der Waals surface area (Å²) in [6, 6.07) is 31.5. The van der Waals surface area contributed by atoms with E-state index in [1.807, 2.05) is 60.7 Å². The number of rotatable bonds is 20. The highest BCUT2D eigenvalue weighted by Gasteiger charge is 2.32. The molecule has 0 spiro atoms. The fourth-order valence-corrected chi connectivity index (χ4v) is 5.74. The van der Waals surface area contributed by atoms with Crippen LogP contribution < -0.4 is 14.2 Å². The molecule has 0 N–H and O–H groups in total. The van der Waals surface area contributed by atoms with Gasteiger partial charge in [0.15, 0.2) is 6.29 Å². The monoisotopic (exact) mass is 716 g/mol. The highest BCUT2D eigenvalue weighted by atomic mass is 16.6. The van der Waals surface area contributed by atoms with Gasteiger partial charge in [-0.15, -0.1) is 0 Å². The van der Waals surface area contributed by atoms with Crippen molar-refractivity contribution < 1.29 is 42.9 Å². The lowest BCUT2D eigenvalue weighted by Crippen LogP contribution is -2.27. The van der Waals surface area contributed by atoms with Gasteiger partial charge in [-0.2, -0.15) is 0 Å². The highest BCUT2D eigenvalue weighted by molar-refractivity contribution is 6.03. The van der Waals surface area contributed by atoms with Gasteiger partial charge >= 0.3 is 11.9 Å². The van der Waals surface area contributed by atoms with Crippen molar-refractivity contribution in [2.75, 3.05) is 26.4 Å². The van der Waals surface area contributed by atoms with E-state index in [1.165, 1.54) is 0 Å². The SMILES string of the molecule is C=CC(=O)OCCOc1ccc(C(C)(c2ccc(OCCOC(=O)C=C)cc2)c2ccc(C(C)(C)c3ccc(OC(C=O)C(=O)C=C)cc3)cc2)cc1. The van der Waals surface area contributed by atoms with E-state index in [9.17, 15) is 19.2 Å². The van der Waals surface area contributed by atoms with Gasteiger partial charge in [-0.05, 0) is 77.2 Å². The number of benzene rings is 4. The number of hydrogen-bond donors (Lipinski definition) is 0. The van der Waals surface area contributed by atoms with Gasteiger partial charge in [0.25, 0.3) is 0 Å². The first kappa shape index (κ1) is 39.6. The van der Waals surface area contributed by atoms with Gasteiger partial charge < -0.3 is 23.7 Å². The Morgan fingerprint density at radius 1 is 0.547 bits per heavy atom. The lowest BCUT2D eigenvalue weighted by atomic mass is 9.70. The van der Waals surface area contributed by atoms with Gasteiger partial charge in [0.05, 0.1) is 0 Å². The summed E-state index contributed by atoms with van der Waals surface area (Å²) in [7, 11) is 0. The molecule has 4 aromatic rings. The molecule has 4 aromatic carbocycles. The van der Waals surface area contributed by atoms with E-state index in [0.717, 1.165) is 46.0 Å². The Morgan fingerprint density at radius 3 is 1.28 bits per heavy atom. The minimum atomic E-state index is -1.23. The maximum atomic E-state index is 11.9. The summed E-state index contributed by atoms with van der Waals surface area (Å²) in [6.07, 6.45) is 2.52. The van der Waals surface area contributed by atoms with Crippen LogP contribution in [0, 0.1) is 0 Å². The number of esters is 2. The third-order valence-corrected chi connectivity index (χ3v) is 9.02. The number of carbonyl (C=O) groups is 4. The maximum absolute atomic E-state index is 11.9. The molecule has 0 aliphatic heterocycles. The second kappa shape index (κ2) is 18.3. The van der Waals surface area contributed by atoms with Crippen molar-refractivity contribution in [2.24, 2.45) is 0 Å². The molecule has 0 aliphatic rings. The Bertz CT molecular complexity index is 1820. The second-order valence-electron chi connectivity index (χ2n) is 12.6. The van der Waals surface area contributed by atoms with Crippen molar-refractivity contribution in [1.82, 2.24) is 0 Å². The van der Waals surface area contributed by atoms with Gasteiger partial charge in [0.2, 0.25) is 11.9 Å². The molecule has 0 radical (unpaired) electrons. The molecule has 4 rings (SSSR count). The first-order valence-corrected chi connectivity index (χ1v) is 17.0. The minimum absolute atomic E-state index is 0.105. The summed E-state index contributed by atoms with van der Waals surface area (Å²) in [5, 5.41) is 0. The molecule has 0 saturated carbocycles.